The van der Waals surface area contributed by atoms with Crippen molar-refractivity contribution < 1.29 is 4.79 Å². The number of nitrogens with zero attached hydrogens (tertiary/aromatic N) is 3. The SMILES string of the molecule is CCCCCNC(=O)c1cc2c(=O)n3cccc(C)c3nc2n(CC(C)C)c1=N. The summed E-state index contributed by atoms with van der Waals surface area (Å²) in [4.78, 5) is 30.7. The minimum atomic E-state index is -0.320. The molecule has 0 aliphatic rings. The lowest BCUT2D eigenvalue weighted by molar-refractivity contribution is 0.0950. The number of unbranched alkanes of at least 4 members (excludes halogenated alkanes) is 2. The second-order valence-electron chi connectivity index (χ2n) is 7.91. The predicted molar refractivity (Wildman–Crippen MR) is 114 cm³/mol. The van der Waals surface area contributed by atoms with Gasteiger partial charge in [-0.25, -0.2) is 4.98 Å². The van der Waals surface area contributed by atoms with E-state index in [2.05, 4.69) is 12.2 Å². The van der Waals surface area contributed by atoms with E-state index in [-0.39, 0.29) is 28.4 Å². The highest BCUT2D eigenvalue weighted by Gasteiger charge is 2.18. The fourth-order valence-corrected chi connectivity index (χ4v) is 3.48. The number of aryl methyl sites for hydroxylation is 1. The summed E-state index contributed by atoms with van der Waals surface area (Å²) >= 11 is 0. The van der Waals surface area contributed by atoms with E-state index < -0.39 is 0 Å². The molecule has 0 atom stereocenters. The fourth-order valence-electron chi connectivity index (χ4n) is 3.48. The Morgan fingerprint density at radius 3 is 2.72 bits per heavy atom. The molecule has 3 aromatic rings. The van der Waals surface area contributed by atoms with E-state index in [4.69, 9.17) is 10.4 Å². The molecular weight excluding hydrogens is 366 g/mol. The highest BCUT2D eigenvalue weighted by molar-refractivity contribution is 5.96. The number of aromatic nitrogens is 3. The molecular formula is C22H29N5O2. The Morgan fingerprint density at radius 2 is 2.03 bits per heavy atom. The molecule has 0 fully saturated rings. The Morgan fingerprint density at radius 1 is 1.28 bits per heavy atom. The minimum absolute atomic E-state index is 0.0871. The number of amides is 1. The number of hydrogen-bond acceptors (Lipinski definition) is 4. The second-order valence-corrected chi connectivity index (χ2v) is 7.91. The molecule has 0 aliphatic heterocycles. The van der Waals surface area contributed by atoms with Crippen LogP contribution in [0.5, 0.6) is 0 Å². The third kappa shape index (κ3) is 4.09. The number of carbonyl (C=O) groups excluding carboxylic acids is 1. The monoisotopic (exact) mass is 395 g/mol. The van der Waals surface area contributed by atoms with Gasteiger partial charge in [-0.2, -0.15) is 0 Å². The van der Waals surface area contributed by atoms with Gasteiger partial charge in [-0.15, -0.1) is 0 Å². The van der Waals surface area contributed by atoms with Crippen LogP contribution in [0, 0.1) is 18.3 Å². The molecule has 0 aliphatic carbocycles. The molecule has 0 radical (unpaired) electrons. The van der Waals surface area contributed by atoms with E-state index in [0.29, 0.717) is 29.8 Å². The van der Waals surface area contributed by atoms with E-state index in [0.717, 1.165) is 24.8 Å². The second kappa shape index (κ2) is 8.59. The maximum absolute atomic E-state index is 13.2. The number of hydrogen-bond donors (Lipinski definition) is 2. The first-order chi connectivity index (χ1) is 13.8. The van der Waals surface area contributed by atoms with Crippen molar-refractivity contribution >= 4 is 22.6 Å². The Bertz CT molecular complexity index is 1170. The lowest BCUT2D eigenvalue weighted by Gasteiger charge is -2.16. The molecule has 0 spiro atoms. The van der Waals surface area contributed by atoms with Gasteiger partial charge < -0.3 is 9.88 Å². The zero-order valence-corrected chi connectivity index (χ0v) is 17.6. The summed E-state index contributed by atoms with van der Waals surface area (Å²) in [5, 5.41) is 11.9. The zero-order valence-electron chi connectivity index (χ0n) is 17.6. The first-order valence-electron chi connectivity index (χ1n) is 10.2. The molecule has 3 aromatic heterocycles. The fraction of sp³-hybridized carbons (Fsp3) is 0.455. The van der Waals surface area contributed by atoms with Gasteiger partial charge in [0, 0.05) is 19.3 Å². The Labute approximate surface area is 169 Å². The van der Waals surface area contributed by atoms with Crippen molar-refractivity contribution in [2.45, 2.75) is 53.5 Å². The molecule has 0 unspecified atom stereocenters. The van der Waals surface area contributed by atoms with Gasteiger partial charge >= 0.3 is 0 Å². The minimum Gasteiger partial charge on any atom is -0.352 e. The van der Waals surface area contributed by atoms with Crippen molar-refractivity contribution in [1.29, 1.82) is 5.41 Å². The summed E-state index contributed by atoms with van der Waals surface area (Å²) in [6, 6.07) is 5.23. The van der Waals surface area contributed by atoms with Gasteiger partial charge in [-0.3, -0.25) is 19.4 Å². The van der Waals surface area contributed by atoms with Crippen molar-refractivity contribution in [3.8, 4) is 0 Å². The molecule has 0 bridgehead atoms. The molecule has 7 heteroatoms. The van der Waals surface area contributed by atoms with Crippen LogP contribution in [0.4, 0.5) is 0 Å². The average molecular weight is 396 g/mol. The summed E-state index contributed by atoms with van der Waals surface area (Å²) in [6.45, 7) is 9.14. The molecule has 7 nitrogen and oxygen atoms in total. The average Bonchev–Trinajstić information content (AvgIpc) is 2.68. The highest BCUT2D eigenvalue weighted by Crippen LogP contribution is 2.14. The van der Waals surface area contributed by atoms with E-state index in [1.165, 1.54) is 10.5 Å². The van der Waals surface area contributed by atoms with Crippen LogP contribution in [-0.2, 0) is 6.54 Å². The molecule has 3 heterocycles. The van der Waals surface area contributed by atoms with E-state index in [1.807, 2.05) is 26.8 Å². The van der Waals surface area contributed by atoms with Gasteiger partial charge in [-0.05, 0) is 37.0 Å². The summed E-state index contributed by atoms with van der Waals surface area (Å²) < 4.78 is 3.19. The van der Waals surface area contributed by atoms with Gasteiger partial charge in [0.1, 0.15) is 16.8 Å². The van der Waals surface area contributed by atoms with Gasteiger partial charge in [0.25, 0.3) is 11.5 Å². The molecule has 0 aromatic carbocycles. The standard InChI is InChI=1S/C22H29N5O2/c1-5-6-7-10-24-21(28)16-12-17-20(27(18(16)23)13-14(2)3)25-19-15(4)9-8-11-26(19)22(17)29/h8-9,11-12,14,23H,5-7,10,13H2,1-4H3,(H,24,28). The quantitative estimate of drug-likeness (QED) is 0.476. The number of rotatable bonds is 7. The van der Waals surface area contributed by atoms with Crippen LogP contribution in [0.1, 0.15) is 56.0 Å². The maximum Gasteiger partial charge on any atom is 0.267 e. The normalized spacial score (nSPS) is 11.5. The first-order valence-corrected chi connectivity index (χ1v) is 10.2. The van der Waals surface area contributed by atoms with E-state index in [9.17, 15) is 9.59 Å². The predicted octanol–water partition coefficient (Wildman–Crippen LogP) is 3.01. The molecule has 2 N–H and O–H groups in total. The molecule has 154 valence electrons. The molecule has 3 rings (SSSR count). The number of nitrogens with one attached hydrogen (secondary N) is 2. The van der Waals surface area contributed by atoms with E-state index >= 15 is 0 Å². The van der Waals surface area contributed by atoms with Crippen molar-refractivity contribution in [1.82, 2.24) is 19.3 Å². The summed E-state index contributed by atoms with van der Waals surface area (Å²) in [5.41, 5.74) is 1.97. The van der Waals surface area contributed by atoms with Gasteiger partial charge in [0.05, 0.1) is 10.9 Å². The number of fused-ring (bicyclic) bond motifs is 2. The van der Waals surface area contributed by atoms with Crippen LogP contribution >= 0.6 is 0 Å². The van der Waals surface area contributed by atoms with Crippen LogP contribution in [0.2, 0.25) is 0 Å². The maximum atomic E-state index is 13.2. The Balaban J connectivity index is 2.24. The lowest BCUT2D eigenvalue weighted by Crippen LogP contribution is -2.36. The smallest absolute Gasteiger partial charge is 0.267 e. The van der Waals surface area contributed by atoms with Crippen LogP contribution in [0.15, 0.2) is 29.2 Å². The third-order valence-corrected chi connectivity index (χ3v) is 4.99. The molecule has 29 heavy (non-hydrogen) atoms. The van der Waals surface area contributed by atoms with Gasteiger partial charge in [0.15, 0.2) is 0 Å². The van der Waals surface area contributed by atoms with Crippen molar-refractivity contribution in [2.24, 2.45) is 5.92 Å². The van der Waals surface area contributed by atoms with Crippen LogP contribution in [0.25, 0.3) is 16.7 Å². The Kier molecular flexibility index (Phi) is 6.15. The number of pyridine rings is 2. The summed E-state index contributed by atoms with van der Waals surface area (Å²) in [5.74, 6) is -0.0912. The van der Waals surface area contributed by atoms with Gasteiger partial charge in [-0.1, -0.05) is 39.7 Å². The van der Waals surface area contributed by atoms with Crippen molar-refractivity contribution in [3.05, 3.63) is 51.4 Å². The van der Waals surface area contributed by atoms with Crippen LogP contribution in [0.3, 0.4) is 0 Å². The summed E-state index contributed by atoms with van der Waals surface area (Å²) in [7, 11) is 0. The largest absolute Gasteiger partial charge is 0.352 e. The summed E-state index contributed by atoms with van der Waals surface area (Å²) in [6.07, 6.45) is 4.68. The van der Waals surface area contributed by atoms with Crippen LogP contribution < -0.4 is 16.4 Å². The van der Waals surface area contributed by atoms with E-state index in [1.54, 1.807) is 16.8 Å². The van der Waals surface area contributed by atoms with Gasteiger partial charge in [0.2, 0.25) is 0 Å². The zero-order chi connectivity index (χ0) is 21.1. The Hall–Kier alpha value is -2.96. The topological polar surface area (TPSA) is 92.2 Å². The van der Waals surface area contributed by atoms with Crippen molar-refractivity contribution in [2.75, 3.05) is 6.54 Å². The number of carbonyl (C=O) groups is 1. The van der Waals surface area contributed by atoms with Crippen molar-refractivity contribution in [3.63, 3.8) is 0 Å². The third-order valence-electron chi connectivity index (χ3n) is 4.99. The molecule has 0 saturated heterocycles. The molecule has 1 amide bonds. The van der Waals surface area contributed by atoms with Crippen LogP contribution in [-0.4, -0.2) is 26.4 Å². The molecule has 0 saturated carbocycles. The first kappa shape index (κ1) is 20.8. The lowest BCUT2D eigenvalue weighted by atomic mass is 10.1. The highest BCUT2D eigenvalue weighted by atomic mass is 16.1.